The van der Waals surface area contributed by atoms with Gasteiger partial charge in [-0.2, -0.15) is 0 Å². The number of rotatable bonds is 8. The molecule has 0 bridgehead atoms. The van der Waals surface area contributed by atoms with Gasteiger partial charge in [-0.3, -0.25) is 0 Å². The van der Waals surface area contributed by atoms with Crippen LogP contribution in [0.25, 0.3) is 11.1 Å². The Balaban J connectivity index is 1.56. The third-order valence-electron chi connectivity index (χ3n) is 5.32. The predicted octanol–water partition coefficient (Wildman–Crippen LogP) is 3.08. The van der Waals surface area contributed by atoms with Gasteiger partial charge in [0, 0.05) is 12.3 Å². The molecule has 1 aliphatic heterocycles. The summed E-state index contributed by atoms with van der Waals surface area (Å²) in [7, 11) is 0. The number of fused-ring (bicyclic) bond motifs is 3. The summed E-state index contributed by atoms with van der Waals surface area (Å²) in [6, 6.07) is 14.6. The first-order chi connectivity index (χ1) is 14.2. The van der Waals surface area contributed by atoms with E-state index in [0.717, 1.165) is 12.0 Å². The van der Waals surface area contributed by atoms with E-state index in [-0.39, 0.29) is 31.5 Å². The Bertz CT molecular complexity index is 919. The maximum atomic E-state index is 11.6. The summed E-state index contributed by atoms with van der Waals surface area (Å²) in [6.45, 7) is 0.778. The Morgan fingerprint density at radius 1 is 1.07 bits per heavy atom. The highest BCUT2D eigenvalue weighted by Crippen LogP contribution is 2.42. The fourth-order valence-electron chi connectivity index (χ4n) is 4.06. The van der Waals surface area contributed by atoms with Gasteiger partial charge in [0.05, 0.1) is 26.4 Å². The van der Waals surface area contributed by atoms with Gasteiger partial charge in [0.25, 0.3) is 0 Å². The molecule has 2 aromatic carbocycles. The van der Waals surface area contributed by atoms with Crippen molar-refractivity contribution in [2.24, 2.45) is 0 Å². The Morgan fingerprint density at radius 2 is 1.90 bits per heavy atom. The number of carboxylic acids is 1. The quantitative estimate of drug-likeness (QED) is 0.569. The smallest absolute Gasteiger partial charge is 0.370 e. The molecule has 1 aliphatic carbocycles. The van der Waals surface area contributed by atoms with Crippen molar-refractivity contribution in [1.82, 2.24) is 0 Å². The summed E-state index contributed by atoms with van der Waals surface area (Å²) in [4.78, 5) is 11.6. The van der Waals surface area contributed by atoms with Crippen LogP contribution in [0, 0.1) is 0 Å². The summed E-state index contributed by atoms with van der Waals surface area (Å²) in [5.41, 5.74) is 6.10. The van der Waals surface area contributed by atoms with Crippen molar-refractivity contribution in [3.8, 4) is 11.1 Å². The van der Waals surface area contributed by atoms with E-state index in [1.165, 1.54) is 22.3 Å². The van der Waals surface area contributed by atoms with E-state index in [0.29, 0.717) is 13.0 Å². The van der Waals surface area contributed by atoms with Gasteiger partial charge in [0.2, 0.25) is 12.0 Å². The first kappa shape index (κ1) is 19.6. The monoisotopic (exact) mass is 396 g/mol. The van der Waals surface area contributed by atoms with Gasteiger partial charge in [-0.15, -0.1) is 0 Å². The van der Waals surface area contributed by atoms with Gasteiger partial charge in [0.15, 0.2) is 0 Å². The SMILES string of the molecule is O=C(O)C1=C[C@H](c2cccc3c2Cc2ccccc2-3)C[C@H](OCCOCCO)O1. The average molecular weight is 396 g/mol. The van der Waals surface area contributed by atoms with Crippen LogP contribution >= 0.6 is 0 Å². The van der Waals surface area contributed by atoms with E-state index in [1.807, 2.05) is 18.2 Å². The third kappa shape index (κ3) is 4.19. The number of ether oxygens (including phenoxy) is 3. The average Bonchev–Trinajstić information content (AvgIpc) is 3.12. The summed E-state index contributed by atoms with van der Waals surface area (Å²) < 4.78 is 16.4. The molecule has 1 heterocycles. The van der Waals surface area contributed by atoms with Crippen LogP contribution in [0.1, 0.15) is 29.0 Å². The number of hydrogen-bond donors (Lipinski definition) is 2. The molecule has 6 heteroatoms. The zero-order valence-electron chi connectivity index (χ0n) is 16.0. The van der Waals surface area contributed by atoms with Crippen molar-refractivity contribution >= 4 is 5.97 Å². The van der Waals surface area contributed by atoms with Gasteiger partial charge >= 0.3 is 5.97 Å². The number of benzene rings is 2. The Labute approximate surface area is 169 Å². The summed E-state index contributed by atoms with van der Waals surface area (Å²) in [6.07, 6.45) is 2.40. The Hall–Kier alpha value is -2.67. The van der Waals surface area contributed by atoms with Crippen molar-refractivity contribution in [3.05, 3.63) is 71.0 Å². The molecule has 0 unspecified atom stereocenters. The summed E-state index contributed by atoms with van der Waals surface area (Å²) in [5.74, 6) is -1.30. The van der Waals surface area contributed by atoms with E-state index in [4.69, 9.17) is 19.3 Å². The lowest BCUT2D eigenvalue weighted by Crippen LogP contribution is -2.28. The molecule has 6 nitrogen and oxygen atoms in total. The maximum Gasteiger partial charge on any atom is 0.370 e. The lowest BCUT2D eigenvalue weighted by Gasteiger charge is -2.29. The number of aliphatic hydroxyl groups is 1. The van der Waals surface area contributed by atoms with Crippen LogP contribution in [0.15, 0.2) is 54.3 Å². The van der Waals surface area contributed by atoms with Crippen LogP contribution < -0.4 is 0 Å². The second-order valence-electron chi connectivity index (χ2n) is 7.14. The predicted molar refractivity (Wildman–Crippen MR) is 106 cm³/mol. The number of carbonyl (C=O) groups is 1. The van der Waals surface area contributed by atoms with Crippen LogP contribution in [0.2, 0.25) is 0 Å². The molecule has 29 heavy (non-hydrogen) atoms. The fraction of sp³-hybridized carbons (Fsp3) is 0.348. The zero-order valence-corrected chi connectivity index (χ0v) is 16.0. The van der Waals surface area contributed by atoms with Crippen LogP contribution in [0.5, 0.6) is 0 Å². The molecule has 4 rings (SSSR count). The molecule has 0 aromatic heterocycles. The fourth-order valence-corrected chi connectivity index (χ4v) is 4.06. The molecule has 2 atom stereocenters. The van der Waals surface area contributed by atoms with Crippen molar-refractivity contribution in [3.63, 3.8) is 0 Å². The van der Waals surface area contributed by atoms with E-state index >= 15 is 0 Å². The van der Waals surface area contributed by atoms with Gasteiger partial charge in [-0.25, -0.2) is 4.79 Å². The second-order valence-corrected chi connectivity index (χ2v) is 7.14. The lowest BCUT2D eigenvalue weighted by atomic mass is 9.87. The largest absolute Gasteiger partial charge is 0.475 e. The number of aliphatic hydroxyl groups excluding tert-OH is 1. The van der Waals surface area contributed by atoms with E-state index in [2.05, 4.69) is 24.3 Å². The highest BCUT2D eigenvalue weighted by Gasteiger charge is 2.31. The first-order valence-corrected chi connectivity index (χ1v) is 9.79. The van der Waals surface area contributed by atoms with Crippen LogP contribution in [-0.2, 0) is 25.4 Å². The minimum Gasteiger partial charge on any atom is -0.475 e. The lowest BCUT2D eigenvalue weighted by molar-refractivity contribution is -0.160. The zero-order chi connectivity index (χ0) is 20.2. The van der Waals surface area contributed by atoms with Crippen LogP contribution in [-0.4, -0.2) is 48.9 Å². The molecule has 0 spiro atoms. The maximum absolute atomic E-state index is 11.6. The number of allylic oxidation sites excluding steroid dienone is 1. The normalized spacial score (nSPS) is 19.8. The minimum atomic E-state index is -1.10. The Kier molecular flexibility index (Phi) is 5.94. The van der Waals surface area contributed by atoms with E-state index in [1.54, 1.807) is 6.08 Å². The summed E-state index contributed by atoms with van der Waals surface area (Å²) in [5, 5.41) is 18.2. The van der Waals surface area contributed by atoms with Crippen molar-refractivity contribution in [2.75, 3.05) is 26.4 Å². The standard InChI is InChI=1S/C23H24O6/c24-8-9-27-10-11-28-22-14-16(13-21(29-22)23(25)26)18-6-3-7-19-17-5-2-1-4-15(17)12-20(18)19/h1-7,13,16,22,24H,8-12,14H2,(H,25,26)/t16-,22+/m0/s1. The van der Waals surface area contributed by atoms with Crippen LogP contribution in [0.4, 0.5) is 0 Å². The molecular formula is C23H24O6. The van der Waals surface area contributed by atoms with Gasteiger partial charge in [-0.1, -0.05) is 42.5 Å². The number of aliphatic carboxylic acids is 1. The van der Waals surface area contributed by atoms with Crippen LogP contribution in [0.3, 0.4) is 0 Å². The molecule has 2 aromatic rings. The molecule has 0 saturated heterocycles. The van der Waals surface area contributed by atoms with Crippen molar-refractivity contribution in [1.29, 1.82) is 0 Å². The highest BCUT2D eigenvalue weighted by atomic mass is 16.7. The number of hydrogen-bond acceptors (Lipinski definition) is 5. The molecule has 0 radical (unpaired) electrons. The van der Waals surface area contributed by atoms with E-state index in [9.17, 15) is 9.90 Å². The Morgan fingerprint density at radius 3 is 2.72 bits per heavy atom. The topological polar surface area (TPSA) is 85.2 Å². The minimum absolute atomic E-state index is 0.0462. The molecule has 152 valence electrons. The second kappa shape index (κ2) is 8.78. The van der Waals surface area contributed by atoms with Gasteiger partial charge < -0.3 is 24.4 Å². The molecular weight excluding hydrogens is 372 g/mol. The van der Waals surface area contributed by atoms with Crippen molar-refractivity contribution < 1.29 is 29.2 Å². The number of carboxylic acid groups (broad SMARTS) is 1. The first-order valence-electron chi connectivity index (χ1n) is 9.79. The van der Waals surface area contributed by atoms with Gasteiger partial charge in [0.1, 0.15) is 0 Å². The molecule has 0 fully saturated rings. The van der Waals surface area contributed by atoms with Gasteiger partial charge in [-0.05, 0) is 40.3 Å². The molecule has 0 saturated carbocycles. The molecule has 2 N–H and O–H groups in total. The molecule has 0 amide bonds. The third-order valence-corrected chi connectivity index (χ3v) is 5.32. The summed E-state index contributed by atoms with van der Waals surface area (Å²) >= 11 is 0. The van der Waals surface area contributed by atoms with Crippen molar-refractivity contribution in [2.45, 2.75) is 25.0 Å². The highest BCUT2D eigenvalue weighted by molar-refractivity contribution is 5.85. The molecule has 2 aliphatic rings. The van der Waals surface area contributed by atoms with E-state index < -0.39 is 12.3 Å².